The van der Waals surface area contributed by atoms with Gasteiger partial charge in [0.25, 0.3) is 0 Å². The zero-order valence-corrected chi connectivity index (χ0v) is 19.7. The maximum atomic E-state index is 13.7. The van der Waals surface area contributed by atoms with Crippen molar-refractivity contribution in [1.82, 2.24) is 0 Å². The Morgan fingerprint density at radius 2 is 1.34 bits per heavy atom. The number of ether oxygens (including phenoxy) is 1. The topological polar surface area (TPSA) is 50.1 Å². The summed E-state index contributed by atoms with van der Waals surface area (Å²) in [6.07, 6.45) is 13.2. The second kappa shape index (κ2) is 15.4. The van der Waals surface area contributed by atoms with Gasteiger partial charge in [0, 0.05) is 25.0 Å². The van der Waals surface area contributed by atoms with Crippen LogP contribution in [-0.4, -0.2) is 12.4 Å². The predicted octanol–water partition coefficient (Wildman–Crippen LogP) is 8.01. The normalized spacial score (nSPS) is 12.8. The molecule has 3 heteroatoms. The molecule has 0 aliphatic carbocycles. The molecule has 0 radical (unpaired) electrons. The Morgan fingerprint density at radius 3 is 1.91 bits per heavy atom. The molecule has 0 saturated heterocycles. The van der Waals surface area contributed by atoms with Crippen molar-refractivity contribution in [2.75, 3.05) is 6.61 Å². The summed E-state index contributed by atoms with van der Waals surface area (Å²) in [5.74, 6) is -0.0633. The number of carbonyl (C=O) groups is 1. The largest absolute Gasteiger partial charge is 0.362 e. The molecule has 0 N–H and O–H groups in total. The maximum Gasteiger partial charge on any atom is 0.199 e. The van der Waals surface area contributed by atoms with Crippen LogP contribution in [0, 0.1) is 11.3 Å². The lowest BCUT2D eigenvalue weighted by molar-refractivity contribution is -0.0355. The molecule has 1 unspecified atom stereocenters. The van der Waals surface area contributed by atoms with Crippen molar-refractivity contribution in [1.29, 1.82) is 5.26 Å². The zero-order valence-electron chi connectivity index (χ0n) is 19.7. The van der Waals surface area contributed by atoms with Gasteiger partial charge in [-0.05, 0) is 12.0 Å². The van der Waals surface area contributed by atoms with Crippen molar-refractivity contribution in [3.63, 3.8) is 0 Å². The second-order valence-electron chi connectivity index (χ2n) is 8.58. The third-order valence-electron chi connectivity index (χ3n) is 6.08. The highest BCUT2D eigenvalue weighted by atomic mass is 16.5. The Hall–Kier alpha value is -2.44. The molecular formula is C29H39NO2. The summed E-state index contributed by atoms with van der Waals surface area (Å²) in [4.78, 5) is 13.7. The SMILES string of the molecule is CCCCCCCCCCCCOC(CCC#N)(C(=O)c1ccccc1)c1ccccc1. The number of rotatable bonds is 17. The zero-order chi connectivity index (χ0) is 22.9. The third-order valence-corrected chi connectivity index (χ3v) is 6.08. The Bertz CT molecular complexity index is 797. The highest BCUT2D eigenvalue weighted by Crippen LogP contribution is 2.35. The van der Waals surface area contributed by atoms with E-state index < -0.39 is 5.60 Å². The van der Waals surface area contributed by atoms with E-state index in [0.29, 0.717) is 18.6 Å². The van der Waals surface area contributed by atoms with Crippen LogP contribution < -0.4 is 0 Å². The van der Waals surface area contributed by atoms with Crippen molar-refractivity contribution in [3.05, 3.63) is 71.8 Å². The van der Waals surface area contributed by atoms with Crippen molar-refractivity contribution in [2.45, 2.75) is 89.6 Å². The Morgan fingerprint density at radius 1 is 0.812 bits per heavy atom. The molecule has 2 aromatic carbocycles. The van der Waals surface area contributed by atoms with Gasteiger partial charge < -0.3 is 4.74 Å². The minimum Gasteiger partial charge on any atom is -0.362 e. The van der Waals surface area contributed by atoms with Crippen LogP contribution in [0.2, 0.25) is 0 Å². The number of unbranched alkanes of at least 4 members (excludes halogenated alkanes) is 9. The number of nitrogens with zero attached hydrogens (tertiary/aromatic N) is 1. The fourth-order valence-electron chi connectivity index (χ4n) is 4.21. The Kier molecular flexibility index (Phi) is 12.4. The van der Waals surface area contributed by atoms with Crippen LogP contribution in [0.25, 0.3) is 0 Å². The van der Waals surface area contributed by atoms with E-state index in [9.17, 15) is 10.1 Å². The lowest BCUT2D eigenvalue weighted by Gasteiger charge is -2.33. The van der Waals surface area contributed by atoms with Crippen LogP contribution >= 0.6 is 0 Å². The molecule has 1 atom stereocenters. The molecule has 0 bridgehead atoms. The van der Waals surface area contributed by atoms with Gasteiger partial charge in [0.2, 0.25) is 0 Å². The molecule has 0 fully saturated rings. The van der Waals surface area contributed by atoms with Crippen LogP contribution in [0.15, 0.2) is 60.7 Å². The minimum absolute atomic E-state index is 0.0633. The van der Waals surface area contributed by atoms with Crippen LogP contribution in [0.4, 0.5) is 0 Å². The van der Waals surface area contributed by atoms with Crippen LogP contribution in [-0.2, 0) is 10.3 Å². The Balaban J connectivity index is 1.96. The predicted molar refractivity (Wildman–Crippen MR) is 132 cm³/mol. The second-order valence-corrected chi connectivity index (χ2v) is 8.58. The van der Waals surface area contributed by atoms with Crippen LogP contribution in [0.3, 0.4) is 0 Å². The molecule has 0 amide bonds. The van der Waals surface area contributed by atoms with Gasteiger partial charge in [0.05, 0.1) is 6.07 Å². The quantitative estimate of drug-likeness (QED) is 0.187. The first-order chi connectivity index (χ1) is 15.7. The summed E-state index contributed by atoms with van der Waals surface area (Å²) in [6.45, 7) is 2.78. The van der Waals surface area contributed by atoms with E-state index in [1.807, 2.05) is 60.7 Å². The molecule has 0 heterocycles. The number of carbonyl (C=O) groups excluding carboxylic acids is 1. The molecule has 0 aromatic heterocycles. The summed E-state index contributed by atoms with van der Waals surface area (Å²) < 4.78 is 6.41. The van der Waals surface area contributed by atoms with E-state index in [1.165, 1.54) is 51.4 Å². The smallest absolute Gasteiger partial charge is 0.199 e. The Labute approximate surface area is 194 Å². The number of ketones is 1. The van der Waals surface area contributed by atoms with Gasteiger partial charge in [-0.1, -0.05) is 125 Å². The highest BCUT2D eigenvalue weighted by Gasteiger charge is 2.41. The van der Waals surface area contributed by atoms with E-state index in [2.05, 4.69) is 13.0 Å². The lowest BCUT2D eigenvalue weighted by Crippen LogP contribution is -2.39. The third kappa shape index (κ3) is 8.24. The molecule has 0 spiro atoms. The fraction of sp³-hybridized carbons (Fsp3) is 0.517. The van der Waals surface area contributed by atoms with Crippen molar-refractivity contribution in [3.8, 4) is 6.07 Å². The van der Waals surface area contributed by atoms with Gasteiger partial charge in [0.1, 0.15) is 0 Å². The van der Waals surface area contributed by atoms with E-state index in [0.717, 1.165) is 18.4 Å². The molecule has 0 aliphatic rings. The average molecular weight is 434 g/mol. The number of hydrogen-bond donors (Lipinski definition) is 0. The first kappa shape index (κ1) is 25.8. The maximum absolute atomic E-state index is 13.7. The van der Waals surface area contributed by atoms with Gasteiger partial charge in [-0.2, -0.15) is 5.26 Å². The molecule has 172 valence electrons. The van der Waals surface area contributed by atoms with E-state index in [-0.39, 0.29) is 12.2 Å². The van der Waals surface area contributed by atoms with Gasteiger partial charge in [-0.15, -0.1) is 0 Å². The minimum atomic E-state index is -1.11. The lowest BCUT2D eigenvalue weighted by atomic mass is 9.82. The number of hydrogen-bond acceptors (Lipinski definition) is 3. The fourth-order valence-corrected chi connectivity index (χ4v) is 4.21. The summed E-state index contributed by atoms with van der Waals surface area (Å²) in [5.41, 5.74) is 0.339. The highest BCUT2D eigenvalue weighted by molar-refractivity contribution is 6.03. The standard InChI is InChI=1S/C29H39NO2/c1-2-3-4-5-6-7-8-9-10-17-25-32-29(23-18-24-30,27-21-15-12-16-22-27)28(31)26-19-13-11-14-20-26/h11-16,19-22H,2-10,17-18,23,25H2,1H3. The van der Waals surface area contributed by atoms with E-state index >= 15 is 0 Å². The number of nitriles is 1. The van der Waals surface area contributed by atoms with Gasteiger partial charge >= 0.3 is 0 Å². The van der Waals surface area contributed by atoms with Crippen molar-refractivity contribution in [2.24, 2.45) is 0 Å². The number of Topliss-reactive ketones (excluding diaryl/α,β-unsaturated/α-hetero) is 1. The molecule has 0 aliphatic heterocycles. The summed E-state index contributed by atoms with van der Waals surface area (Å²) in [5, 5.41) is 9.27. The first-order valence-electron chi connectivity index (χ1n) is 12.4. The van der Waals surface area contributed by atoms with Crippen molar-refractivity contribution < 1.29 is 9.53 Å². The van der Waals surface area contributed by atoms with E-state index in [1.54, 1.807) is 0 Å². The summed E-state index contributed by atoms with van der Waals surface area (Å²) in [6, 6.07) is 21.2. The molecule has 0 saturated carbocycles. The van der Waals surface area contributed by atoms with Crippen LogP contribution in [0.1, 0.15) is 99.9 Å². The molecule has 32 heavy (non-hydrogen) atoms. The first-order valence-corrected chi connectivity index (χ1v) is 12.4. The molecule has 2 rings (SSSR count). The van der Waals surface area contributed by atoms with Crippen LogP contribution in [0.5, 0.6) is 0 Å². The van der Waals surface area contributed by atoms with E-state index in [4.69, 9.17) is 4.74 Å². The summed E-state index contributed by atoms with van der Waals surface area (Å²) >= 11 is 0. The van der Waals surface area contributed by atoms with Gasteiger partial charge in [-0.25, -0.2) is 0 Å². The molecular weight excluding hydrogens is 394 g/mol. The van der Waals surface area contributed by atoms with Crippen molar-refractivity contribution >= 4 is 5.78 Å². The summed E-state index contributed by atoms with van der Waals surface area (Å²) in [7, 11) is 0. The average Bonchev–Trinajstić information content (AvgIpc) is 2.85. The molecule has 3 nitrogen and oxygen atoms in total. The number of benzene rings is 2. The van der Waals surface area contributed by atoms with Gasteiger partial charge in [0.15, 0.2) is 11.4 Å². The monoisotopic (exact) mass is 433 g/mol. The van der Waals surface area contributed by atoms with Gasteiger partial charge in [-0.3, -0.25) is 4.79 Å². The molecule has 2 aromatic rings.